The first-order valence-corrected chi connectivity index (χ1v) is 7.71. The van der Waals surface area contributed by atoms with E-state index in [9.17, 15) is 4.79 Å². The van der Waals surface area contributed by atoms with Gasteiger partial charge in [-0.2, -0.15) is 10.1 Å². The molecule has 7 nitrogen and oxygen atoms in total. The number of halogens is 1. The van der Waals surface area contributed by atoms with Crippen LogP contribution < -0.4 is 10.2 Å². The van der Waals surface area contributed by atoms with Gasteiger partial charge in [-0.05, 0) is 24.6 Å². The predicted octanol–water partition coefficient (Wildman–Crippen LogP) is 1.86. The van der Waals surface area contributed by atoms with E-state index >= 15 is 0 Å². The number of nitrogens with zero attached hydrogens (tertiary/aromatic N) is 5. The second kappa shape index (κ2) is 6.78. The number of carbonyl (C=O) groups excluding carboxylic acids is 1. The maximum absolute atomic E-state index is 10.8. The van der Waals surface area contributed by atoms with E-state index in [1.54, 1.807) is 11.1 Å². The fourth-order valence-corrected chi connectivity index (χ4v) is 2.54. The molecule has 0 unspecified atom stereocenters. The second-order valence-corrected chi connectivity index (χ2v) is 5.76. The quantitative estimate of drug-likeness (QED) is 0.861. The van der Waals surface area contributed by atoms with Gasteiger partial charge in [-0.25, -0.2) is 0 Å². The van der Waals surface area contributed by atoms with Crippen molar-refractivity contribution in [2.45, 2.75) is 6.92 Å². The van der Waals surface area contributed by atoms with Crippen molar-refractivity contribution < 1.29 is 4.79 Å². The van der Waals surface area contributed by atoms with Crippen molar-refractivity contribution in [3.05, 3.63) is 35.0 Å². The number of benzene rings is 1. The average molecular weight is 333 g/mol. The van der Waals surface area contributed by atoms with Crippen LogP contribution in [-0.2, 0) is 4.79 Å². The first-order valence-electron chi connectivity index (χ1n) is 7.33. The molecule has 1 N–H and O–H groups in total. The van der Waals surface area contributed by atoms with Gasteiger partial charge in [0.15, 0.2) is 5.82 Å². The molecule has 8 heteroatoms. The summed E-state index contributed by atoms with van der Waals surface area (Å²) in [6.07, 6.45) is 2.51. The third-order valence-electron chi connectivity index (χ3n) is 3.76. The number of piperazine rings is 1. The topological polar surface area (TPSA) is 74.2 Å². The minimum Gasteiger partial charge on any atom is -0.352 e. The summed E-state index contributed by atoms with van der Waals surface area (Å²) in [6, 6.07) is 5.68. The summed E-state index contributed by atoms with van der Waals surface area (Å²) in [7, 11) is 0. The number of carbonyl (C=O) groups is 1. The number of hydrogen-bond donors (Lipinski definition) is 1. The Morgan fingerprint density at radius 1 is 1.26 bits per heavy atom. The molecule has 1 saturated heterocycles. The Hall–Kier alpha value is -2.41. The Morgan fingerprint density at radius 3 is 2.74 bits per heavy atom. The van der Waals surface area contributed by atoms with Crippen LogP contribution in [0.15, 0.2) is 24.4 Å². The van der Waals surface area contributed by atoms with E-state index in [0.717, 1.165) is 36.6 Å². The number of nitrogens with one attached hydrogen (secondary N) is 1. The van der Waals surface area contributed by atoms with Crippen LogP contribution in [0.2, 0.25) is 5.02 Å². The highest BCUT2D eigenvalue weighted by Gasteiger charge is 2.17. The van der Waals surface area contributed by atoms with Crippen LogP contribution in [0.5, 0.6) is 0 Å². The molecule has 1 aromatic carbocycles. The number of hydrogen-bond acceptors (Lipinski definition) is 6. The van der Waals surface area contributed by atoms with Crippen molar-refractivity contribution in [1.29, 1.82) is 0 Å². The molecule has 1 aliphatic heterocycles. The lowest BCUT2D eigenvalue weighted by atomic mass is 10.2. The van der Waals surface area contributed by atoms with Gasteiger partial charge >= 0.3 is 0 Å². The minimum atomic E-state index is 0.417. The van der Waals surface area contributed by atoms with Crippen LogP contribution in [0, 0.1) is 6.92 Å². The van der Waals surface area contributed by atoms with Crippen LogP contribution in [-0.4, -0.2) is 52.7 Å². The third-order valence-corrected chi connectivity index (χ3v) is 4.17. The summed E-state index contributed by atoms with van der Waals surface area (Å²) in [5, 5.41) is 11.8. The highest BCUT2D eigenvalue weighted by atomic mass is 35.5. The normalized spacial score (nSPS) is 14.7. The zero-order valence-corrected chi connectivity index (χ0v) is 13.5. The zero-order chi connectivity index (χ0) is 16.2. The third kappa shape index (κ3) is 3.68. The summed E-state index contributed by atoms with van der Waals surface area (Å²) >= 11 is 6.12. The number of aromatic nitrogens is 3. The molecule has 1 fully saturated rings. The highest BCUT2D eigenvalue weighted by Crippen LogP contribution is 2.22. The van der Waals surface area contributed by atoms with E-state index in [0.29, 0.717) is 24.1 Å². The van der Waals surface area contributed by atoms with E-state index in [2.05, 4.69) is 25.4 Å². The fraction of sp³-hybridized carbons (Fsp3) is 0.333. The summed E-state index contributed by atoms with van der Waals surface area (Å²) < 4.78 is 0. The lowest BCUT2D eigenvalue weighted by Crippen LogP contribution is -2.46. The van der Waals surface area contributed by atoms with Gasteiger partial charge < -0.3 is 15.1 Å². The van der Waals surface area contributed by atoms with Gasteiger partial charge in [0.25, 0.3) is 0 Å². The smallest absolute Gasteiger partial charge is 0.249 e. The van der Waals surface area contributed by atoms with Crippen LogP contribution >= 0.6 is 11.6 Å². The SMILES string of the molecule is Cc1ccc(Nc2nncc(N3CCN(C=O)CC3)n2)cc1Cl. The van der Waals surface area contributed by atoms with Crippen LogP contribution in [0.4, 0.5) is 17.5 Å². The van der Waals surface area contributed by atoms with Gasteiger partial charge in [0.2, 0.25) is 12.4 Å². The molecule has 0 atom stereocenters. The maximum atomic E-state index is 10.8. The lowest BCUT2D eigenvalue weighted by molar-refractivity contribution is -0.118. The molecule has 0 saturated carbocycles. The molecule has 1 aromatic heterocycles. The van der Waals surface area contributed by atoms with Gasteiger partial charge in [0.1, 0.15) is 0 Å². The largest absolute Gasteiger partial charge is 0.352 e. The Morgan fingerprint density at radius 2 is 2.04 bits per heavy atom. The molecule has 0 spiro atoms. The Balaban J connectivity index is 1.72. The van der Waals surface area contributed by atoms with Crippen LogP contribution in [0.3, 0.4) is 0 Å². The number of rotatable bonds is 4. The molecule has 3 rings (SSSR count). The number of anilines is 3. The van der Waals surface area contributed by atoms with Crippen LogP contribution in [0.1, 0.15) is 5.56 Å². The zero-order valence-electron chi connectivity index (χ0n) is 12.7. The molecule has 1 amide bonds. The average Bonchev–Trinajstić information content (AvgIpc) is 2.58. The predicted molar refractivity (Wildman–Crippen MR) is 89.1 cm³/mol. The summed E-state index contributed by atoms with van der Waals surface area (Å²) in [5.74, 6) is 1.16. The summed E-state index contributed by atoms with van der Waals surface area (Å²) in [6.45, 7) is 4.78. The highest BCUT2D eigenvalue weighted by molar-refractivity contribution is 6.31. The van der Waals surface area contributed by atoms with Crippen LogP contribution in [0.25, 0.3) is 0 Å². The minimum absolute atomic E-state index is 0.417. The molecule has 1 aliphatic rings. The molecule has 0 aliphatic carbocycles. The van der Waals surface area contributed by atoms with Gasteiger partial charge in [-0.3, -0.25) is 4.79 Å². The van der Waals surface area contributed by atoms with E-state index in [4.69, 9.17) is 11.6 Å². The molecule has 2 aromatic rings. The Bertz CT molecular complexity index is 702. The lowest BCUT2D eigenvalue weighted by Gasteiger charge is -2.33. The van der Waals surface area contributed by atoms with Gasteiger partial charge in [0, 0.05) is 36.9 Å². The number of aryl methyl sites for hydroxylation is 1. The van der Waals surface area contributed by atoms with E-state index in [1.165, 1.54) is 0 Å². The van der Waals surface area contributed by atoms with Crippen molar-refractivity contribution in [1.82, 2.24) is 20.1 Å². The van der Waals surface area contributed by atoms with E-state index < -0.39 is 0 Å². The molecule has 120 valence electrons. The molecule has 23 heavy (non-hydrogen) atoms. The monoisotopic (exact) mass is 332 g/mol. The summed E-state index contributed by atoms with van der Waals surface area (Å²) in [4.78, 5) is 19.1. The number of amides is 1. The first-order chi connectivity index (χ1) is 11.2. The summed E-state index contributed by atoms with van der Waals surface area (Å²) in [5.41, 5.74) is 1.82. The van der Waals surface area contributed by atoms with E-state index in [1.807, 2.05) is 25.1 Å². The van der Waals surface area contributed by atoms with Gasteiger partial charge in [0.05, 0.1) is 6.20 Å². The van der Waals surface area contributed by atoms with E-state index in [-0.39, 0.29) is 0 Å². The molecule has 2 heterocycles. The van der Waals surface area contributed by atoms with Crippen molar-refractivity contribution in [2.24, 2.45) is 0 Å². The maximum Gasteiger partial charge on any atom is 0.249 e. The van der Waals surface area contributed by atoms with Crippen molar-refractivity contribution in [3.8, 4) is 0 Å². The molecular formula is C15H17ClN6O. The van der Waals surface area contributed by atoms with Crippen molar-refractivity contribution in [3.63, 3.8) is 0 Å². The second-order valence-electron chi connectivity index (χ2n) is 5.36. The first kappa shape index (κ1) is 15.5. The molecule has 0 bridgehead atoms. The fourth-order valence-electron chi connectivity index (χ4n) is 2.36. The van der Waals surface area contributed by atoms with Crippen molar-refractivity contribution >= 4 is 35.5 Å². The van der Waals surface area contributed by atoms with Gasteiger partial charge in [-0.1, -0.05) is 17.7 Å². The molecule has 0 radical (unpaired) electrons. The standard InChI is InChI=1S/C15H17ClN6O/c1-11-2-3-12(8-13(11)16)18-15-19-14(9-17-20-15)22-6-4-21(10-23)5-7-22/h2-3,8-10H,4-7H2,1H3,(H,18,19,20). The van der Waals surface area contributed by atoms with Crippen molar-refractivity contribution in [2.75, 3.05) is 36.4 Å². The van der Waals surface area contributed by atoms with Gasteiger partial charge in [-0.15, -0.1) is 5.10 Å². The molecular weight excluding hydrogens is 316 g/mol. The Labute approximate surface area is 139 Å². The Kier molecular flexibility index (Phi) is 4.57.